The van der Waals surface area contributed by atoms with E-state index in [1.54, 1.807) is 0 Å². The van der Waals surface area contributed by atoms with Gasteiger partial charge in [0, 0.05) is 48.9 Å². The van der Waals surface area contributed by atoms with Gasteiger partial charge in [-0.1, -0.05) is 176 Å². The Morgan fingerprint density at radius 3 is 1.50 bits per heavy atom. The summed E-state index contributed by atoms with van der Waals surface area (Å²) in [5.74, 6) is 1.93. The first-order chi connectivity index (χ1) is 29.7. The van der Waals surface area contributed by atoms with E-state index in [0.29, 0.717) is 17.5 Å². The smallest absolute Gasteiger partial charge is 0.164 e. The molecule has 282 valence electrons. The number of benzene rings is 9. The molecule has 0 unspecified atom stereocenters. The summed E-state index contributed by atoms with van der Waals surface area (Å²) in [6.07, 6.45) is 0. The second-order valence-electron chi connectivity index (χ2n) is 14.8. The van der Waals surface area contributed by atoms with Crippen LogP contribution >= 0.6 is 11.8 Å². The van der Waals surface area contributed by atoms with E-state index in [0.717, 1.165) is 44.7 Å². The van der Waals surface area contributed by atoms with E-state index in [2.05, 4.69) is 199 Å². The lowest BCUT2D eigenvalue weighted by Crippen LogP contribution is -2.10. The highest BCUT2D eigenvalue weighted by Gasteiger charge is 2.24. The van der Waals surface area contributed by atoms with E-state index in [-0.39, 0.29) is 0 Å². The number of nitrogens with zero attached hydrogens (tertiary/aromatic N) is 4. The first-order valence-electron chi connectivity index (χ1n) is 20.1. The van der Waals surface area contributed by atoms with Gasteiger partial charge in [0.05, 0.1) is 0 Å². The number of para-hydroxylation sites is 1. The molecule has 0 saturated heterocycles. The zero-order valence-electron chi connectivity index (χ0n) is 32.5. The molecule has 2 heterocycles. The van der Waals surface area contributed by atoms with E-state index < -0.39 is 0 Å². The van der Waals surface area contributed by atoms with Crippen molar-refractivity contribution in [3.05, 3.63) is 218 Å². The average Bonchev–Trinajstić information content (AvgIpc) is 3.33. The zero-order valence-corrected chi connectivity index (χ0v) is 33.3. The summed E-state index contributed by atoms with van der Waals surface area (Å²) < 4.78 is 0. The highest BCUT2D eigenvalue weighted by molar-refractivity contribution is 7.99. The van der Waals surface area contributed by atoms with E-state index in [1.165, 1.54) is 43.0 Å². The molecule has 9 aromatic carbocycles. The van der Waals surface area contributed by atoms with Gasteiger partial charge < -0.3 is 4.90 Å². The number of hydrogen-bond acceptors (Lipinski definition) is 5. The molecule has 1 aliphatic heterocycles. The lowest BCUT2D eigenvalue weighted by Gasteiger charge is -2.28. The first kappa shape index (κ1) is 35.6. The van der Waals surface area contributed by atoms with E-state index in [4.69, 9.17) is 15.0 Å². The molecule has 0 amide bonds. The number of anilines is 3. The van der Waals surface area contributed by atoms with Crippen LogP contribution in [-0.2, 0) is 0 Å². The minimum Gasteiger partial charge on any atom is -0.310 e. The predicted octanol–water partition coefficient (Wildman–Crippen LogP) is 15.0. The molecular weight excluding hydrogens is 749 g/mol. The summed E-state index contributed by atoms with van der Waals surface area (Å²) in [4.78, 5) is 20.2. The van der Waals surface area contributed by atoms with Crippen LogP contribution in [0, 0.1) is 0 Å². The highest BCUT2D eigenvalue weighted by Crippen LogP contribution is 2.51. The Morgan fingerprint density at radius 1 is 0.300 bits per heavy atom. The molecule has 0 radical (unpaired) electrons. The summed E-state index contributed by atoms with van der Waals surface area (Å²) in [5, 5.41) is 2.32. The van der Waals surface area contributed by atoms with Crippen LogP contribution < -0.4 is 4.90 Å². The van der Waals surface area contributed by atoms with Crippen molar-refractivity contribution in [2.75, 3.05) is 4.90 Å². The van der Waals surface area contributed by atoms with Crippen LogP contribution in [-0.4, -0.2) is 15.0 Å². The molecule has 11 rings (SSSR count). The fourth-order valence-corrected chi connectivity index (χ4v) is 9.33. The van der Waals surface area contributed by atoms with Crippen LogP contribution in [0.25, 0.3) is 78.3 Å². The fourth-order valence-electron chi connectivity index (χ4n) is 8.22. The summed E-state index contributed by atoms with van der Waals surface area (Å²) in [5.41, 5.74) is 13.2. The first-order valence-corrected chi connectivity index (χ1v) is 20.9. The highest BCUT2D eigenvalue weighted by atomic mass is 32.2. The quantitative estimate of drug-likeness (QED) is 0.153. The Hall–Kier alpha value is -7.60. The van der Waals surface area contributed by atoms with E-state index >= 15 is 0 Å². The van der Waals surface area contributed by atoms with E-state index in [1.807, 2.05) is 36.0 Å². The molecular formula is C55H36N4S. The zero-order chi connectivity index (χ0) is 39.8. The molecule has 0 spiro atoms. The molecule has 0 aliphatic carbocycles. The molecule has 1 aromatic heterocycles. The lowest BCUT2D eigenvalue weighted by molar-refractivity contribution is 1.08. The maximum atomic E-state index is 5.20. The Labute approximate surface area is 353 Å². The predicted molar refractivity (Wildman–Crippen MR) is 249 cm³/mol. The maximum absolute atomic E-state index is 5.20. The molecule has 60 heavy (non-hydrogen) atoms. The van der Waals surface area contributed by atoms with Crippen molar-refractivity contribution in [3.8, 4) is 67.5 Å². The Bertz CT molecular complexity index is 3150. The summed E-state index contributed by atoms with van der Waals surface area (Å²) >= 11 is 1.82. The van der Waals surface area contributed by atoms with Gasteiger partial charge in [-0.3, -0.25) is 0 Å². The van der Waals surface area contributed by atoms with E-state index in [9.17, 15) is 0 Å². The molecule has 0 bridgehead atoms. The molecule has 0 N–H and O–H groups in total. The minimum atomic E-state index is 0.639. The Morgan fingerprint density at radius 2 is 0.800 bits per heavy atom. The van der Waals surface area contributed by atoms with Gasteiger partial charge in [-0.05, 0) is 93.4 Å². The number of hydrogen-bond donors (Lipinski definition) is 0. The van der Waals surface area contributed by atoms with Gasteiger partial charge in [0.15, 0.2) is 17.5 Å². The Balaban J connectivity index is 1.04. The molecule has 1 aliphatic rings. The maximum Gasteiger partial charge on any atom is 0.164 e. The van der Waals surface area contributed by atoms with Crippen molar-refractivity contribution in [3.63, 3.8) is 0 Å². The third kappa shape index (κ3) is 6.61. The van der Waals surface area contributed by atoms with Crippen LogP contribution in [0.1, 0.15) is 0 Å². The second kappa shape index (κ2) is 15.3. The molecule has 10 aromatic rings. The van der Waals surface area contributed by atoms with Crippen molar-refractivity contribution in [2.24, 2.45) is 0 Å². The van der Waals surface area contributed by atoms with Crippen molar-refractivity contribution >= 4 is 39.6 Å². The van der Waals surface area contributed by atoms with Gasteiger partial charge >= 0.3 is 0 Å². The van der Waals surface area contributed by atoms with Gasteiger partial charge in [-0.15, -0.1) is 0 Å². The van der Waals surface area contributed by atoms with Crippen LogP contribution in [0.4, 0.5) is 17.1 Å². The van der Waals surface area contributed by atoms with Crippen molar-refractivity contribution in [2.45, 2.75) is 9.79 Å². The molecule has 0 fully saturated rings. The van der Waals surface area contributed by atoms with Crippen LogP contribution in [0.5, 0.6) is 0 Å². The van der Waals surface area contributed by atoms with Crippen molar-refractivity contribution in [1.82, 2.24) is 15.0 Å². The summed E-state index contributed by atoms with van der Waals surface area (Å²) in [6, 6.07) is 77.0. The monoisotopic (exact) mass is 784 g/mol. The normalized spacial score (nSPS) is 11.6. The number of rotatable bonds is 8. The van der Waals surface area contributed by atoms with Gasteiger partial charge in [0.25, 0.3) is 0 Å². The van der Waals surface area contributed by atoms with Gasteiger partial charge in [-0.2, -0.15) is 0 Å². The molecule has 4 nitrogen and oxygen atoms in total. The minimum absolute atomic E-state index is 0.639. The van der Waals surface area contributed by atoms with Crippen LogP contribution in [0.2, 0.25) is 0 Å². The number of fused-ring (bicyclic) bond motifs is 2. The lowest BCUT2D eigenvalue weighted by atomic mass is 9.94. The number of aromatic nitrogens is 3. The SMILES string of the molecule is c1ccc(-c2ccc(-c3nc(-c4ccccc4)nc(-c4ccc5c6c(cccc46)-c4cc(N(c6ccccc6)c6cccc(-c7ccccc7)c6)ccc4S5)n3)cc2)cc1. The van der Waals surface area contributed by atoms with Gasteiger partial charge in [-0.25, -0.2) is 15.0 Å². The van der Waals surface area contributed by atoms with Gasteiger partial charge in [0.2, 0.25) is 0 Å². The topological polar surface area (TPSA) is 41.9 Å². The molecule has 0 atom stereocenters. The van der Waals surface area contributed by atoms with Gasteiger partial charge in [0.1, 0.15) is 0 Å². The largest absolute Gasteiger partial charge is 0.310 e. The fraction of sp³-hybridized carbons (Fsp3) is 0. The van der Waals surface area contributed by atoms with Crippen molar-refractivity contribution in [1.29, 1.82) is 0 Å². The van der Waals surface area contributed by atoms with Crippen LogP contribution in [0.3, 0.4) is 0 Å². The Kier molecular flexibility index (Phi) is 9.06. The molecule has 5 heteroatoms. The molecule has 0 saturated carbocycles. The summed E-state index contributed by atoms with van der Waals surface area (Å²) in [7, 11) is 0. The summed E-state index contributed by atoms with van der Waals surface area (Å²) in [6.45, 7) is 0. The average molecular weight is 785 g/mol. The third-order valence-corrected chi connectivity index (χ3v) is 12.3. The third-order valence-electron chi connectivity index (χ3n) is 11.1. The second-order valence-corrected chi connectivity index (χ2v) is 15.9. The standard InChI is InChI=1S/C55H36N4S/c1-5-15-37(16-6-1)39-27-29-41(30-28-39)54-56-53(40-19-9-3-10-20-40)57-55(58-54)48-32-34-51-52-46(48)25-14-26-47(52)49-36-45(31-33-50(49)60-51)59(43-22-11-4-12-23-43)44-24-13-21-42(35-44)38-17-7-2-8-18-38/h1-36H. The van der Waals surface area contributed by atoms with Crippen molar-refractivity contribution < 1.29 is 0 Å². The van der Waals surface area contributed by atoms with Crippen LogP contribution in [0.15, 0.2) is 228 Å².